The SMILES string of the molecule is CCN1CC(C(=O)N(CC)C(C)Cc2ccc3c(c2)OCO3)C1. The molecule has 2 heterocycles. The number of ether oxygens (including phenoxy) is 2. The molecular weight excluding hydrogens is 292 g/mol. The predicted octanol–water partition coefficient (Wildman–Crippen LogP) is 2.15. The van der Waals surface area contributed by atoms with Gasteiger partial charge in [0.2, 0.25) is 12.7 Å². The minimum Gasteiger partial charge on any atom is -0.454 e. The van der Waals surface area contributed by atoms with Crippen LogP contribution in [0.4, 0.5) is 0 Å². The van der Waals surface area contributed by atoms with Gasteiger partial charge in [-0.2, -0.15) is 0 Å². The monoisotopic (exact) mass is 318 g/mol. The van der Waals surface area contributed by atoms with E-state index in [1.54, 1.807) is 0 Å². The third-order valence-corrected chi connectivity index (χ3v) is 4.88. The van der Waals surface area contributed by atoms with E-state index in [4.69, 9.17) is 9.47 Å². The molecule has 2 aliphatic rings. The third-order valence-electron chi connectivity index (χ3n) is 4.88. The zero-order chi connectivity index (χ0) is 16.4. The first kappa shape index (κ1) is 16.1. The van der Waals surface area contributed by atoms with Crippen molar-refractivity contribution in [1.82, 2.24) is 9.80 Å². The van der Waals surface area contributed by atoms with E-state index in [1.165, 1.54) is 5.56 Å². The summed E-state index contributed by atoms with van der Waals surface area (Å²) < 4.78 is 10.8. The van der Waals surface area contributed by atoms with Crippen LogP contribution in [0.15, 0.2) is 18.2 Å². The van der Waals surface area contributed by atoms with Gasteiger partial charge in [-0.05, 0) is 44.5 Å². The highest BCUT2D eigenvalue weighted by molar-refractivity contribution is 5.80. The molecule has 5 nitrogen and oxygen atoms in total. The molecule has 2 aliphatic heterocycles. The molecule has 1 saturated heterocycles. The summed E-state index contributed by atoms with van der Waals surface area (Å²) in [6.45, 7) is 10.2. The van der Waals surface area contributed by atoms with Gasteiger partial charge in [0.1, 0.15) is 0 Å². The molecule has 0 N–H and O–H groups in total. The average Bonchev–Trinajstić information content (AvgIpc) is 2.94. The average molecular weight is 318 g/mol. The molecule has 1 unspecified atom stereocenters. The van der Waals surface area contributed by atoms with Gasteiger partial charge >= 0.3 is 0 Å². The van der Waals surface area contributed by atoms with Crippen molar-refractivity contribution >= 4 is 5.91 Å². The lowest BCUT2D eigenvalue weighted by Gasteiger charge is -2.41. The number of amides is 1. The largest absolute Gasteiger partial charge is 0.454 e. The minimum atomic E-state index is 0.175. The summed E-state index contributed by atoms with van der Waals surface area (Å²) in [5.41, 5.74) is 1.18. The highest BCUT2D eigenvalue weighted by atomic mass is 16.7. The van der Waals surface area contributed by atoms with Gasteiger partial charge in [0.25, 0.3) is 0 Å². The van der Waals surface area contributed by atoms with E-state index in [-0.39, 0.29) is 12.0 Å². The van der Waals surface area contributed by atoms with Crippen LogP contribution in [0.1, 0.15) is 26.3 Å². The molecule has 0 aromatic heterocycles. The Kier molecular flexibility index (Phi) is 4.76. The van der Waals surface area contributed by atoms with E-state index in [9.17, 15) is 4.79 Å². The Morgan fingerprint density at radius 1 is 1.30 bits per heavy atom. The number of hydrogen-bond acceptors (Lipinski definition) is 4. The highest BCUT2D eigenvalue weighted by Gasteiger charge is 2.35. The fourth-order valence-electron chi connectivity index (χ4n) is 3.42. The molecule has 0 bridgehead atoms. The van der Waals surface area contributed by atoms with Crippen molar-refractivity contribution in [3.8, 4) is 11.5 Å². The van der Waals surface area contributed by atoms with Gasteiger partial charge < -0.3 is 19.3 Å². The van der Waals surface area contributed by atoms with E-state index in [0.29, 0.717) is 12.7 Å². The molecule has 5 heteroatoms. The Morgan fingerprint density at radius 3 is 2.74 bits per heavy atom. The van der Waals surface area contributed by atoms with E-state index >= 15 is 0 Å². The summed E-state index contributed by atoms with van der Waals surface area (Å²) >= 11 is 0. The topological polar surface area (TPSA) is 42.0 Å². The van der Waals surface area contributed by atoms with Crippen LogP contribution in [-0.2, 0) is 11.2 Å². The van der Waals surface area contributed by atoms with Crippen LogP contribution in [-0.4, -0.2) is 54.7 Å². The zero-order valence-electron chi connectivity index (χ0n) is 14.2. The fourth-order valence-corrected chi connectivity index (χ4v) is 3.42. The smallest absolute Gasteiger partial charge is 0.231 e. The predicted molar refractivity (Wildman–Crippen MR) is 88.7 cm³/mol. The van der Waals surface area contributed by atoms with E-state index in [2.05, 4.69) is 31.7 Å². The van der Waals surface area contributed by atoms with Crippen molar-refractivity contribution < 1.29 is 14.3 Å². The Hall–Kier alpha value is -1.75. The molecule has 0 aliphatic carbocycles. The van der Waals surface area contributed by atoms with Crippen molar-refractivity contribution in [1.29, 1.82) is 0 Å². The maximum Gasteiger partial charge on any atom is 0.231 e. The number of likely N-dealkylation sites (N-methyl/N-ethyl adjacent to an activating group) is 1. The van der Waals surface area contributed by atoms with Crippen LogP contribution in [0.2, 0.25) is 0 Å². The molecule has 1 amide bonds. The number of carbonyl (C=O) groups excluding carboxylic acids is 1. The number of carbonyl (C=O) groups is 1. The van der Waals surface area contributed by atoms with Gasteiger partial charge in [-0.3, -0.25) is 4.79 Å². The van der Waals surface area contributed by atoms with Crippen LogP contribution in [0.3, 0.4) is 0 Å². The van der Waals surface area contributed by atoms with E-state index < -0.39 is 0 Å². The van der Waals surface area contributed by atoms with Crippen LogP contribution in [0.25, 0.3) is 0 Å². The molecule has 1 fully saturated rings. The first-order valence-corrected chi connectivity index (χ1v) is 8.53. The number of nitrogens with zero attached hydrogens (tertiary/aromatic N) is 2. The van der Waals surface area contributed by atoms with Crippen LogP contribution < -0.4 is 9.47 Å². The number of benzene rings is 1. The minimum absolute atomic E-state index is 0.175. The van der Waals surface area contributed by atoms with Crippen molar-refractivity contribution in [2.45, 2.75) is 33.2 Å². The Labute approximate surface area is 138 Å². The second-order valence-corrected chi connectivity index (χ2v) is 6.41. The summed E-state index contributed by atoms with van der Waals surface area (Å²) in [4.78, 5) is 17.0. The van der Waals surface area contributed by atoms with Crippen LogP contribution in [0.5, 0.6) is 11.5 Å². The summed E-state index contributed by atoms with van der Waals surface area (Å²) in [6, 6.07) is 6.22. The molecule has 3 rings (SSSR count). The van der Waals surface area contributed by atoms with Crippen molar-refractivity contribution in [2.24, 2.45) is 5.92 Å². The van der Waals surface area contributed by atoms with Crippen LogP contribution >= 0.6 is 0 Å². The Bertz CT molecular complexity index is 569. The maximum absolute atomic E-state index is 12.7. The maximum atomic E-state index is 12.7. The van der Waals surface area contributed by atoms with Gasteiger partial charge in [0.05, 0.1) is 5.92 Å². The van der Waals surface area contributed by atoms with Gasteiger partial charge in [0, 0.05) is 25.7 Å². The van der Waals surface area contributed by atoms with Gasteiger partial charge in [-0.15, -0.1) is 0 Å². The summed E-state index contributed by atoms with van der Waals surface area (Å²) in [7, 11) is 0. The Morgan fingerprint density at radius 2 is 2.04 bits per heavy atom. The normalized spacial score (nSPS) is 18.6. The molecule has 1 aromatic carbocycles. The van der Waals surface area contributed by atoms with Crippen molar-refractivity contribution in [3.63, 3.8) is 0 Å². The molecule has 1 aromatic rings. The quantitative estimate of drug-likeness (QED) is 0.806. The number of likely N-dealkylation sites (tertiary alicyclic amines) is 1. The fraction of sp³-hybridized carbons (Fsp3) is 0.611. The lowest BCUT2D eigenvalue weighted by Crippen LogP contribution is -2.55. The highest BCUT2D eigenvalue weighted by Crippen LogP contribution is 2.33. The lowest BCUT2D eigenvalue weighted by molar-refractivity contribution is -0.142. The standard InChI is InChI=1S/C18H26N2O3/c1-4-19-10-15(11-19)18(21)20(5-2)13(3)8-14-6-7-16-17(9-14)23-12-22-16/h6-7,9,13,15H,4-5,8,10-12H2,1-3H3. The summed E-state index contributed by atoms with van der Waals surface area (Å²) in [6.07, 6.45) is 0.834. The molecule has 0 radical (unpaired) electrons. The van der Waals surface area contributed by atoms with Crippen molar-refractivity contribution in [3.05, 3.63) is 23.8 Å². The first-order valence-electron chi connectivity index (χ1n) is 8.53. The van der Waals surface area contributed by atoms with Crippen LogP contribution in [0, 0.1) is 5.92 Å². The van der Waals surface area contributed by atoms with Gasteiger partial charge in [0.15, 0.2) is 11.5 Å². The second kappa shape index (κ2) is 6.79. The molecule has 0 saturated carbocycles. The Balaban J connectivity index is 1.61. The van der Waals surface area contributed by atoms with E-state index in [0.717, 1.165) is 44.1 Å². The van der Waals surface area contributed by atoms with E-state index in [1.807, 2.05) is 17.0 Å². The van der Waals surface area contributed by atoms with Crippen molar-refractivity contribution in [2.75, 3.05) is 33.0 Å². The summed E-state index contributed by atoms with van der Waals surface area (Å²) in [5.74, 6) is 2.08. The molecule has 126 valence electrons. The third kappa shape index (κ3) is 3.29. The summed E-state index contributed by atoms with van der Waals surface area (Å²) in [5, 5.41) is 0. The first-order chi connectivity index (χ1) is 11.1. The number of rotatable bonds is 6. The zero-order valence-corrected chi connectivity index (χ0v) is 14.2. The molecule has 1 atom stereocenters. The molecule has 23 heavy (non-hydrogen) atoms. The van der Waals surface area contributed by atoms with Gasteiger partial charge in [-0.25, -0.2) is 0 Å². The number of hydrogen-bond donors (Lipinski definition) is 0. The molecule has 0 spiro atoms. The lowest BCUT2D eigenvalue weighted by atomic mass is 9.96. The number of fused-ring (bicyclic) bond motifs is 1. The molecular formula is C18H26N2O3. The van der Waals surface area contributed by atoms with Gasteiger partial charge in [-0.1, -0.05) is 13.0 Å². The second-order valence-electron chi connectivity index (χ2n) is 6.41.